The van der Waals surface area contributed by atoms with Crippen molar-refractivity contribution in [1.29, 1.82) is 0 Å². The van der Waals surface area contributed by atoms with Crippen molar-refractivity contribution in [3.8, 4) is 11.4 Å². The number of H-pyrrole nitrogens is 1. The number of aromatic nitrogens is 2. The number of carbonyl (C=O) groups excluding carboxylic acids is 2. The number of hydrogen-bond acceptors (Lipinski definition) is 5. The number of carbonyl (C=O) groups is 2. The Hall–Kier alpha value is -4.17. The number of benzene rings is 3. The van der Waals surface area contributed by atoms with E-state index in [1.165, 1.54) is 18.5 Å². The van der Waals surface area contributed by atoms with Gasteiger partial charge in [0.25, 0.3) is 11.8 Å². The minimum atomic E-state index is -0.146. The number of hydrogen-bond donors (Lipinski definition) is 2. The molecule has 0 radical (unpaired) electrons. The Morgan fingerprint density at radius 1 is 0.838 bits per heavy atom. The van der Waals surface area contributed by atoms with Crippen molar-refractivity contribution in [3.63, 3.8) is 0 Å². The van der Waals surface area contributed by atoms with Crippen LogP contribution in [-0.2, 0) is 4.74 Å². The van der Waals surface area contributed by atoms with Gasteiger partial charge in [-0.15, -0.1) is 0 Å². The smallest absolute Gasteiger partial charge is 0.255 e. The van der Waals surface area contributed by atoms with E-state index in [1.54, 1.807) is 0 Å². The van der Waals surface area contributed by atoms with Crippen molar-refractivity contribution in [2.24, 2.45) is 0 Å². The Morgan fingerprint density at radius 2 is 1.54 bits per heavy atom. The summed E-state index contributed by atoms with van der Waals surface area (Å²) in [6, 6.07) is 20.9. The summed E-state index contributed by atoms with van der Waals surface area (Å²) in [4.78, 5) is 37.7. The molecule has 2 aliphatic rings. The van der Waals surface area contributed by atoms with Gasteiger partial charge in [0.05, 0.1) is 24.2 Å². The summed E-state index contributed by atoms with van der Waals surface area (Å²) in [5.41, 5.74) is 5.66. The Balaban J connectivity index is 1.14. The van der Waals surface area contributed by atoms with Crippen molar-refractivity contribution in [3.05, 3.63) is 77.9 Å². The fraction of sp³-hybridized carbons (Fsp3) is 0.276. The largest absolute Gasteiger partial charge is 0.378 e. The van der Waals surface area contributed by atoms with Gasteiger partial charge in [-0.25, -0.2) is 4.98 Å². The highest BCUT2D eigenvalue weighted by molar-refractivity contribution is 6.05. The van der Waals surface area contributed by atoms with E-state index in [-0.39, 0.29) is 11.8 Å². The number of fused-ring (bicyclic) bond motifs is 1. The SMILES string of the molecule is O=C(Nc1ccc2nc(-c3ccc(C(=O)N4CCOCC4)cc3)[nH]c2c1)c1ccc(N2CCCC2)cc1. The summed E-state index contributed by atoms with van der Waals surface area (Å²) < 4.78 is 5.33. The van der Waals surface area contributed by atoms with E-state index in [2.05, 4.69) is 20.2 Å². The van der Waals surface area contributed by atoms with E-state index >= 15 is 0 Å². The Labute approximate surface area is 215 Å². The number of amides is 2. The number of imidazole rings is 1. The summed E-state index contributed by atoms with van der Waals surface area (Å²) in [5, 5.41) is 2.99. The van der Waals surface area contributed by atoms with Gasteiger partial charge in [0.1, 0.15) is 5.82 Å². The molecule has 2 N–H and O–H groups in total. The fourth-order valence-corrected chi connectivity index (χ4v) is 4.95. The van der Waals surface area contributed by atoms with Crippen LogP contribution in [0.3, 0.4) is 0 Å². The predicted molar refractivity (Wildman–Crippen MR) is 144 cm³/mol. The summed E-state index contributed by atoms with van der Waals surface area (Å²) >= 11 is 0. The number of nitrogens with one attached hydrogen (secondary N) is 2. The van der Waals surface area contributed by atoms with E-state index in [9.17, 15) is 9.59 Å². The molecule has 8 nitrogen and oxygen atoms in total. The van der Waals surface area contributed by atoms with Crippen molar-refractivity contribution in [2.75, 3.05) is 49.6 Å². The maximum absolute atomic E-state index is 12.8. The zero-order valence-electron chi connectivity index (χ0n) is 20.6. The number of morpholine rings is 1. The molecule has 2 aliphatic heterocycles. The minimum absolute atomic E-state index is 0.0190. The summed E-state index contributed by atoms with van der Waals surface area (Å²) in [7, 11) is 0. The molecule has 0 saturated carbocycles. The number of rotatable bonds is 5. The predicted octanol–water partition coefficient (Wildman–Crippen LogP) is 4.55. The lowest BCUT2D eigenvalue weighted by Gasteiger charge is -2.26. The molecule has 0 spiro atoms. The molecule has 3 aromatic carbocycles. The van der Waals surface area contributed by atoms with Crippen LogP contribution >= 0.6 is 0 Å². The quantitative estimate of drug-likeness (QED) is 0.424. The molecule has 0 bridgehead atoms. The first-order chi connectivity index (χ1) is 18.1. The van der Waals surface area contributed by atoms with Crippen LogP contribution in [0.15, 0.2) is 66.7 Å². The third-order valence-corrected chi connectivity index (χ3v) is 7.04. The van der Waals surface area contributed by atoms with Crippen LogP contribution in [0, 0.1) is 0 Å². The van der Waals surface area contributed by atoms with Gasteiger partial charge in [-0.05, 0) is 67.4 Å². The zero-order chi connectivity index (χ0) is 25.2. The average Bonchev–Trinajstić information content (AvgIpc) is 3.64. The molecular formula is C29H29N5O3. The van der Waals surface area contributed by atoms with Crippen molar-refractivity contribution < 1.29 is 14.3 Å². The molecule has 0 unspecified atom stereocenters. The molecule has 188 valence electrons. The van der Waals surface area contributed by atoms with Crippen LogP contribution in [0.1, 0.15) is 33.6 Å². The summed E-state index contributed by atoms with van der Waals surface area (Å²) in [6.45, 7) is 4.55. The highest BCUT2D eigenvalue weighted by Gasteiger charge is 2.19. The molecule has 3 heterocycles. The number of anilines is 2. The Bertz CT molecular complexity index is 1420. The molecule has 1 aromatic heterocycles. The van der Waals surface area contributed by atoms with Crippen LogP contribution in [-0.4, -0.2) is 66.1 Å². The number of ether oxygens (including phenoxy) is 1. The van der Waals surface area contributed by atoms with Crippen LogP contribution in [0.5, 0.6) is 0 Å². The van der Waals surface area contributed by atoms with Crippen molar-refractivity contribution >= 4 is 34.2 Å². The second-order valence-corrected chi connectivity index (χ2v) is 9.49. The normalized spacial score (nSPS) is 15.8. The molecule has 2 saturated heterocycles. The first-order valence-corrected chi connectivity index (χ1v) is 12.8. The highest BCUT2D eigenvalue weighted by Crippen LogP contribution is 2.25. The highest BCUT2D eigenvalue weighted by atomic mass is 16.5. The van der Waals surface area contributed by atoms with Gasteiger partial charge in [0, 0.05) is 54.2 Å². The van der Waals surface area contributed by atoms with Gasteiger partial charge in [-0.3, -0.25) is 9.59 Å². The monoisotopic (exact) mass is 495 g/mol. The molecule has 2 fully saturated rings. The average molecular weight is 496 g/mol. The first-order valence-electron chi connectivity index (χ1n) is 12.8. The number of nitrogens with zero attached hydrogens (tertiary/aromatic N) is 3. The molecule has 8 heteroatoms. The van der Waals surface area contributed by atoms with Crippen LogP contribution in [0.2, 0.25) is 0 Å². The summed E-state index contributed by atoms with van der Waals surface area (Å²) in [5.74, 6) is 0.583. The number of aromatic amines is 1. The molecule has 0 aliphatic carbocycles. The molecular weight excluding hydrogens is 466 g/mol. The Morgan fingerprint density at radius 3 is 2.27 bits per heavy atom. The third kappa shape index (κ3) is 4.93. The first kappa shape index (κ1) is 23.2. The molecule has 6 rings (SSSR count). The topological polar surface area (TPSA) is 90.6 Å². The fourth-order valence-electron chi connectivity index (χ4n) is 4.95. The molecule has 0 atom stereocenters. The van der Waals surface area contributed by atoms with Gasteiger partial charge in [0.15, 0.2) is 0 Å². The lowest BCUT2D eigenvalue weighted by Crippen LogP contribution is -2.40. The van der Waals surface area contributed by atoms with Crippen molar-refractivity contribution in [1.82, 2.24) is 14.9 Å². The molecule has 2 amide bonds. The van der Waals surface area contributed by atoms with Crippen LogP contribution in [0.25, 0.3) is 22.4 Å². The second kappa shape index (κ2) is 10.1. The maximum Gasteiger partial charge on any atom is 0.255 e. The van der Waals surface area contributed by atoms with E-state index in [0.717, 1.165) is 29.7 Å². The van der Waals surface area contributed by atoms with E-state index < -0.39 is 0 Å². The standard InChI is InChI=1S/C29H29N5O3/c35-28(21-7-10-24(11-8-21)33-13-1-2-14-33)30-23-9-12-25-26(19-23)32-27(31-25)20-3-5-22(6-4-20)29(36)34-15-17-37-18-16-34/h3-12,19H,1-2,13-18H2,(H,30,35)(H,31,32). The third-order valence-electron chi connectivity index (χ3n) is 7.04. The van der Waals surface area contributed by atoms with Crippen LogP contribution < -0.4 is 10.2 Å². The minimum Gasteiger partial charge on any atom is -0.378 e. The van der Waals surface area contributed by atoms with Crippen LogP contribution in [0.4, 0.5) is 11.4 Å². The van der Waals surface area contributed by atoms with Gasteiger partial charge in [-0.2, -0.15) is 0 Å². The lowest BCUT2D eigenvalue weighted by atomic mass is 10.1. The van der Waals surface area contributed by atoms with E-state index in [0.29, 0.717) is 48.9 Å². The second-order valence-electron chi connectivity index (χ2n) is 9.49. The van der Waals surface area contributed by atoms with Gasteiger partial charge < -0.3 is 24.8 Å². The molecule has 4 aromatic rings. The molecule has 37 heavy (non-hydrogen) atoms. The van der Waals surface area contributed by atoms with Gasteiger partial charge >= 0.3 is 0 Å². The summed E-state index contributed by atoms with van der Waals surface area (Å²) in [6.07, 6.45) is 2.44. The van der Waals surface area contributed by atoms with E-state index in [4.69, 9.17) is 4.74 Å². The van der Waals surface area contributed by atoms with Gasteiger partial charge in [-0.1, -0.05) is 12.1 Å². The maximum atomic E-state index is 12.8. The lowest BCUT2D eigenvalue weighted by molar-refractivity contribution is 0.0303. The van der Waals surface area contributed by atoms with Gasteiger partial charge in [0.2, 0.25) is 0 Å². The zero-order valence-corrected chi connectivity index (χ0v) is 20.6. The van der Waals surface area contributed by atoms with Crippen molar-refractivity contribution in [2.45, 2.75) is 12.8 Å². The van der Waals surface area contributed by atoms with E-state index in [1.807, 2.05) is 71.6 Å². The Kier molecular flexibility index (Phi) is 6.32.